The van der Waals surface area contributed by atoms with Crippen molar-refractivity contribution in [2.24, 2.45) is 11.7 Å². The Morgan fingerprint density at radius 2 is 2.20 bits per heavy atom. The van der Waals surface area contributed by atoms with Gasteiger partial charge in [0.1, 0.15) is 0 Å². The van der Waals surface area contributed by atoms with Crippen LogP contribution in [0.4, 0.5) is 5.69 Å². The molecule has 0 heterocycles. The van der Waals surface area contributed by atoms with Crippen LogP contribution in [-0.2, 0) is 0 Å². The third kappa shape index (κ3) is 1.99. The zero-order valence-electron chi connectivity index (χ0n) is 8.43. The molecular weight excluding hydrogens is 192 g/mol. The molecule has 2 rings (SSSR count). The summed E-state index contributed by atoms with van der Waals surface area (Å²) in [5, 5.41) is 10.6. The highest BCUT2D eigenvalue weighted by Crippen LogP contribution is 2.36. The largest absolute Gasteiger partial charge is 0.324 e. The fourth-order valence-electron chi connectivity index (χ4n) is 1.92. The zero-order chi connectivity index (χ0) is 10.8. The summed E-state index contributed by atoms with van der Waals surface area (Å²) < 4.78 is 0. The van der Waals surface area contributed by atoms with E-state index in [4.69, 9.17) is 5.73 Å². The van der Waals surface area contributed by atoms with Crippen LogP contribution in [0.15, 0.2) is 24.3 Å². The van der Waals surface area contributed by atoms with Gasteiger partial charge in [0, 0.05) is 18.2 Å². The van der Waals surface area contributed by atoms with Crippen molar-refractivity contribution in [2.75, 3.05) is 0 Å². The van der Waals surface area contributed by atoms with E-state index in [0.29, 0.717) is 5.92 Å². The minimum Gasteiger partial charge on any atom is -0.324 e. The van der Waals surface area contributed by atoms with Crippen LogP contribution in [0.5, 0.6) is 0 Å². The van der Waals surface area contributed by atoms with Gasteiger partial charge in [-0.15, -0.1) is 0 Å². The van der Waals surface area contributed by atoms with Gasteiger partial charge >= 0.3 is 0 Å². The number of hydrogen-bond acceptors (Lipinski definition) is 3. The lowest BCUT2D eigenvalue weighted by Crippen LogP contribution is -2.26. The Bertz CT molecular complexity index is 375. The Kier molecular flexibility index (Phi) is 2.68. The highest BCUT2D eigenvalue weighted by molar-refractivity contribution is 5.36. The lowest BCUT2D eigenvalue weighted by Gasteiger charge is -2.31. The average molecular weight is 206 g/mol. The molecule has 1 aliphatic rings. The van der Waals surface area contributed by atoms with Crippen molar-refractivity contribution in [3.05, 3.63) is 39.9 Å². The molecule has 4 nitrogen and oxygen atoms in total. The van der Waals surface area contributed by atoms with Gasteiger partial charge in [-0.1, -0.05) is 18.6 Å². The van der Waals surface area contributed by atoms with Crippen molar-refractivity contribution in [3.8, 4) is 0 Å². The van der Waals surface area contributed by atoms with Gasteiger partial charge in [-0.3, -0.25) is 10.1 Å². The predicted molar refractivity (Wildman–Crippen MR) is 57.4 cm³/mol. The summed E-state index contributed by atoms with van der Waals surface area (Å²) >= 11 is 0. The standard InChI is InChI=1S/C11H14N2O2/c12-11(8-3-1-4-8)9-5-2-6-10(7-9)13(14)15/h2,5-8,11H,1,3-4,12H2/t11-/m1/s1. The topological polar surface area (TPSA) is 69.2 Å². The third-order valence-electron chi connectivity index (χ3n) is 3.12. The van der Waals surface area contributed by atoms with E-state index in [0.717, 1.165) is 18.4 Å². The van der Waals surface area contributed by atoms with Crippen molar-refractivity contribution >= 4 is 5.69 Å². The summed E-state index contributed by atoms with van der Waals surface area (Å²) in [7, 11) is 0. The fraction of sp³-hybridized carbons (Fsp3) is 0.455. The van der Waals surface area contributed by atoms with Gasteiger partial charge in [0.15, 0.2) is 0 Å². The van der Waals surface area contributed by atoms with Gasteiger partial charge < -0.3 is 5.73 Å². The molecule has 80 valence electrons. The van der Waals surface area contributed by atoms with Crippen LogP contribution in [0.1, 0.15) is 30.9 Å². The molecule has 0 saturated heterocycles. The minimum atomic E-state index is -0.378. The molecule has 1 saturated carbocycles. The zero-order valence-corrected chi connectivity index (χ0v) is 8.43. The number of nitrogens with zero attached hydrogens (tertiary/aromatic N) is 1. The summed E-state index contributed by atoms with van der Waals surface area (Å²) in [5.74, 6) is 0.506. The Labute approximate surface area is 88.2 Å². The first-order valence-corrected chi connectivity index (χ1v) is 5.18. The van der Waals surface area contributed by atoms with E-state index in [1.807, 2.05) is 6.07 Å². The molecule has 1 atom stereocenters. The average Bonchev–Trinajstić information content (AvgIpc) is 2.15. The third-order valence-corrected chi connectivity index (χ3v) is 3.12. The van der Waals surface area contributed by atoms with Crippen molar-refractivity contribution in [2.45, 2.75) is 25.3 Å². The maximum absolute atomic E-state index is 10.6. The van der Waals surface area contributed by atoms with Crippen molar-refractivity contribution < 1.29 is 4.92 Å². The summed E-state index contributed by atoms with van der Waals surface area (Å²) in [6.07, 6.45) is 3.51. The number of rotatable bonds is 3. The van der Waals surface area contributed by atoms with Crippen molar-refractivity contribution in [1.82, 2.24) is 0 Å². The molecule has 0 bridgehead atoms. The van der Waals surface area contributed by atoms with E-state index in [2.05, 4.69) is 0 Å². The molecule has 2 N–H and O–H groups in total. The smallest absolute Gasteiger partial charge is 0.269 e. The number of benzene rings is 1. The minimum absolute atomic E-state index is 0.0429. The number of nitro groups is 1. The molecule has 1 aromatic rings. The fourth-order valence-corrected chi connectivity index (χ4v) is 1.92. The lowest BCUT2D eigenvalue weighted by atomic mass is 9.77. The molecule has 0 amide bonds. The number of nitro benzene ring substituents is 1. The molecular formula is C11H14N2O2. The second-order valence-electron chi connectivity index (χ2n) is 4.07. The van der Waals surface area contributed by atoms with Crippen LogP contribution in [0.2, 0.25) is 0 Å². The van der Waals surface area contributed by atoms with E-state index in [9.17, 15) is 10.1 Å². The normalized spacial score (nSPS) is 18.2. The van der Waals surface area contributed by atoms with Gasteiger partial charge in [0.2, 0.25) is 0 Å². The van der Waals surface area contributed by atoms with Gasteiger partial charge in [-0.05, 0) is 24.3 Å². The summed E-state index contributed by atoms with van der Waals surface area (Å²) in [4.78, 5) is 10.2. The molecule has 0 aliphatic heterocycles. The van der Waals surface area contributed by atoms with E-state index >= 15 is 0 Å². The first-order chi connectivity index (χ1) is 7.18. The first-order valence-electron chi connectivity index (χ1n) is 5.18. The molecule has 0 unspecified atom stereocenters. The first kappa shape index (κ1) is 10.1. The van der Waals surface area contributed by atoms with Crippen molar-refractivity contribution in [1.29, 1.82) is 0 Å². The monoisotopic (exact) mass is 206 g/mol. The lowest BCUT2D eigenvalue weighted by molar-refractivity contribution is -0.384. The molecule has 0 radical (unpaired) electrons. The van der Waals surface area contributed by atoms with Crippen LogP contribution in [0.25, 0.3) is 0 Å². The Balaban J connectivity index is 2.19. The number of non-ortho nitro benzene ring substituents is 1. The van der Waals surface area contributed by atoms with Crippen LogP contribution >= 0.6 is 0 Å². The summed E-state index contributed by atoms with van der Waals surface area (Å²) in [6, 6.07) is 6.61. The number of nitrogens with two attached hydrogens (primary N) is 1. The van der Waals surface area contributed by atoms with Crippen LogP contribution in [-0.4, -0.2) is 4.92 Å². The Morgan fingerprint density at radius 3 is 2.73 bits per heavy atom. The number of hydrogen-bond donors (Lipinski definition) is 1. The molecule has 0 aromatic heterocycles. The predicted octanol–water partition coefficient (Wildman–Crippen LogP) is 2.39. The van der Waals surface area contributed by atoms with E-state index < -0.39 is 0 Å². The van der Waals surface area contributed by atoms with E-state index in [1.165, 1.54) is 12.5 Å². The van der Waals surface area contributed by atoms with Gasteiger partial charge in [0.25, 0.3) is 5.69 Å². The van der Waals surface area contributed by atoms with Crippen LogP contribution in [0.3, 0.4) is 0 Å². The molecule has 4 heteroatoms. The highest BCUT2D eigenvalue weighted by atomic mass is 16.6. The van der Waals surface area contributed by atoms with E-state index in [-0.39, 0.29) is 16.7 Å². The summed E-state index contributed by atoms with van der Waals surface area (Å²) in [6.45, 7) is 0. The Morgan fingerprint density at radius 1 is 1.47 bits per heavy atom. The molecule has 0 spiro atoms. The second-order valence-corrected chi connectivity index (χ2v) is 4.07. The molecule has 1 aliphatic carbocycles. The van der Waals surface area contributed by atoms with Crippen LogP contribution in [0, 0.1) is 16.0 Å². The van der Waals surface area contributed by atoms with Crippen LogP contribution < -0.4 is 5.73 Å². The van der Waals surface area contributed by atoms with E-state index in [1.54, 1.807) is 12.1 Å². The van der Waals surface area contributed by atoms with Gasteiger partial charge in [-0.25, -0.2) is 0 Å². The SMILES string of the molecule is N[C@@H](c1cccc([N+](=O)[O-])c1)C1CCC1. The highest BCUT2D eigenvalue weighted by Gasteiger charge is 2.26. The maximum Gasteiger partial charge on any atom is 0.269 e. The molecule has 1 aromatic carbocycles. The second kappa shape index (κ2) is 3.98. The molecule has 1 fully saturated rings. The quantitative estimate of drug-likeness (QED) is 0.609. The van der Waals surface area contributed by atoms with Gasteiger partial charge in [-0.2, -0.15) is 0 Å². The van der Waals surface area contributed by atoms with Gasteiger partial charge in [0.05, 0.1) is 4.92 Å². The molecule has 15 heavy (non-hydrogen) atoms. The Hall–Kier alpha value is -1.42. The van der Waals surface area contributed by atoms with Crippen molar-refractivity contribution in [3.63, 3.8) is 0 Å². The summed E-state index contributed by atoms with van der Waals surface area (Å²) in [5.41, 5.74) is 7.06. The maximum atomic E-state index is 10.6.